The Labute approximate surface area is 140 Å². The summed E-state index contributed by atoms with van der Waals surface area (Å²) in [5.41, 5.74) is 6.79. The standard InChI is InChI=1S/C17H23N3O2S/c1-11(18)14-6-3-4-8-20(14)16(21)10-13-12(2)22-17(19-13)15-7-5-9-23-15/h5,7,9,11,14H,3-4,6,8,10,18H2,1-2H3. The van der Waals surface area contributed by atoms with Gasteiger partial charge in [-0.3, -0.25) is 4.79 Å². The molecule has 23 heavy (non-hydrogen) atoms. The number of likely N-dealkylation sites (tertiary alicyclic amines) is 1. The van der Waals surface area contributed by atoms with Gasteiger partial charge in [-0.2, -0.15) is 0 Å². The summed E-state index contributed by atoms with van der Waals surface area (Å²) in [6.07, 6.45) is 3.46. The molecule has 0 radical (unpaired) electrons. The molecular weight excluding hydrogens is 310 g/mol. The lowest BCUT2D eigenvalue weighted by Gasteiger charge is -2.38. The van der Waals surface area contributed by atoms with Crippen molar-refractivity contribution in [2.24, 2.45) is 5.73 Å². The highest BCUT2D eigenvalue weighted by molar-refractivity contribution is 7.13. The van der Waals surface area contributed by atoms with Gasteiger partial charge in [0.25, 0.3) is 0 Å². The van der Waals surface area contributed by atoms with Gasteiger partial charge < -0.3 is 15.1 Å². The third kappa shape index (κ3) is 3.48. The molecule has 2 aromatic rings. The summed E-state index contributed by atoms with van der Waals surface area (Å²) >= 11 is 1.58. The van der Waals surface area contributed by atoms with Crippen molar-refractivity contribution in [1.29, 1.82) is 0 Å². The minimum atomic E-state index is -0.000615. The summed E-state index contributed by atoms with van der Waals surface area (Å²) in [4.78, 5) is 20.2. The average molecular weight is 333 g/mol. The fraction of sp³-hybridized carbons (Fsp3) is 0.529. The highest BCUT2D eigenvalue weighted by Crippen LogP contribution is 2.27. The number of hydrogen-bond donors (Lipinski definition) is 1. The molecule has 0 bridgehead atoms. The Hall–Kier alpha value is -1.66. The SMILES string of the molecule is Cc1oc(-c2cccs2)nc1CC(=O)N1CCCCC1C(C)N. The Morgan fingerprint density at radius 1 is 1.57 bits per heavy atom. The number of carbonyl (C=O) groups excluding carboxylic acids is 1. The number of carbonyl (C=O) groups is 1. The predicted molar refractivity (Wildman–Crippen MR) is 91.3 cm³/mol. The summed E-state index contributed by atoms with van der Waals surface area (Å²) in [5, 5.41) is 1.99. The molecule has 2 atom stereocenters. The van der Waals surface area contributed by atoms with Gasteiger partial charge in [-0.05, 0) is 44.6 Å². The minimum absolute atomic E-state index is 0.000615. The number of nitrogens with two attached hydrogens (primary N) is 1. The normalized spacial score (nSPS) is 19.8. The van der Waals surface area contributed by atoms with E-state index in [1.54, 1.807) is 11.3 Å². The zero-order valence-corrected chi connectivity index (χ0v) is 14.4. The highest BCUT2D eigenvalue weighted by atomic mass is 32.1. The Morgan fingerprint density at radius 2 is 2.39 bits per heavy atom. The van der Waals surface area contributed by atoms with Crippen LogP contribution in [0.15, 0.2) is 21.9 Å². The maximum absolute atomic E-state index is 12.7. The molecule has 1 saturated heterocycles. The van der Waals surface area contributed by atoms with E-state index in [9.17, 15) is 4.79 Å². The van der Waals surface area contributed by atoms with Crippen LogP contribution in [0.25, 0.3) is 10.8 Å². The third-order valence-electron chi connectivity index (χ3n) is 4.42. The fourth-order valence-electron chi connectivity index (χ4n) is 3.16. The molecule has 0 aromatic carbocycles. The quantitative estimate of drug-likeness (QED) is 0.933. The number of thiophene rings is 1. The summed E-state index contributed by atoms with van der Waals surface area (Å²) in [6.45, 7) is 4.64. The molecule has 0 aliphatic carbocycles. The van der Waals surface area contributed by atoms with Crippen LogP contribution in [-0.4, -0.2) is 34.4 Å². The molecule has 0 saturated carbocycles. The molecule has 3 heterocycles. The monoisotopic (exact) mass is 333 g/mol. The molecule has 1 aliphatic rings. The maximum Gasteiger partial charge on any atom is 0.236 e. The average Bonchev–Trinajstić information content (AvgIpc) is 3.17. The van der Waals surface area contributed by atoms with Crippen LogP contribution < -0.4 is 5.73 Å². The number of oxazole rings is 1. The first-order valence-corrected chi connectivity index (χ1v) is 8.99. The van der Waals surface area contributed by atoms with E-state index in [1.165, 1.54) is 0 Å². The summed E-state index contributed by atoms with van der Waals surface area (Å²) < 4.78 is 5.73. The minimum Gasteiger partial charge on any atom is -0.440 e. The number of hydrogen-bond acceptors (Lipinski definition) is 5. The second-order valence-electron chi connectivity index (χ2n) is 6.19. The van der Waals surface area contributed by atoms with Crippen molar-refractivity contribution in [3.8, 4) is 10.8 Å². The van der Waals surface area contributed by atoms with Crippen LogP contribution in [0.3, 0.4) is 0 Å². The number of aromatic nitrogens is 1. The van der Waals surface area contributed by atoms with E-state index >= 15 is 0 Å². The first-order valence-electron chi connectivity index (χ1n) is 8.11. The van der Waals surface area contributed by atoms with Crippen molar-refractivity contribution < 1.29 is 9.21 Å². The second-order valence-corrected chi connectivity index (χ2v) is 7.13. The smallest absolute Gasteiger partial charge is 0.236 e. The molecule has 2 aromatic heterocycles. The Bertz CT molecular complexity index is 663. The molecule has 2 N–H and O–H groups in total. The van der Waals surface area contributed by atoms with Crippen molar-refractivity contribution in [3.05, 3.63) is 29.0 Å². The Kier molecular flexibility index (Phi) is 4.82. The lowest BCUT2D eigenvalue weighted by molar-refractivity contribution is -0.134. The number of piperidine rings is 1. The van der Waals surface area contributed by atoms with Crippen molar-refractivity contribution in [2.75, 3.05) is 6.54 Å². The van der Waals surface area contributed by atoms with E-state index in [0.29, 0.717) is 5.89 Å². The van der Waals surface area contributed by atoms with Crippen LogP contribution in [0.4, 0.5) is 0 Å². The first-order chi connectivity index (χ1) is 11.1. The number of amides is 1. The lowest BCUT2D eigenvalue weighted by Crippen LogP contribution is -2.52. The maximum atomic E-state index is 12.7. The molecule has 1 aliphatic heterocycles. The molecule has 6 heteroatoms. The van der Waals surface area contributed by atoms with Crippen LogP contribution in [-0.2, 0) is 11.2 Å². The van der Waals surface area contributed by atoms with E-state index in [1.807, 2.05) is 36.3 Å². The molecule has 1 amide bonds. The van der Waals surface area contributed by atoms with Crippen LogP contribution in [0.5, 0.6) is 0 Å². The van der Waals surface area contributed by atoms with Gasteiger partial charge >= 0.3 is 0 Å². The van der Waals surface area contributed by atoms with Gasteiger partial charge in [0.2, 0.25) is 11.8 Å². The number of aryl methyl sites for hydroxylation is 1. The van der Waals surface area contributed by atoms with Crippen molar-refractivity contribution in [1.82, 2.24) is 9.88 Å². The zero-order chi connectivity index (χ0) is 16.4. The zero-order valence-electron chi connectivity index (χ0n) is 13.6. The molecule has 1 fully saturated rings. The Balaban J connectivity index is 1.75. The molecule has 2 unspecified atom stereocenters. The summed E-state index contributed by atoms with van der Waals surface area (Å²) in [5.74, 6) is 1.42. The molecule has 0 spiro atoms. The predicted octanol–water partition coefficient (Wildman–Crippen LogP) is 2.98. The van der Waals surface area contributed by atoms with E-state index in [0.717, 1.165) is 42.1 Å². The highest BCUT2D eigenvalue weighted by Gasteiger charge is 2.30. The van der Waals surface area contributed by atoms with Gasteiger partial charge in [0.15, 0.2) is 0 Å². The van der Waals surface area contributed by atoms with Crippen LogP contribution in [0, 0.1) is 6.92 Å². The fourth-order valence-corrected chi connectivity index (χ4v) is 3.81. The summed E-state index contributed by atoms with van der Waals surface area (Å²) in [7, 11) is 0. The van der Waals surface area contributed by atoms with Crippen molar-refractivity contribution >= 4 is 17.2 Å². The van der Waals surface area contributed by atoms with Gasteiger partial charge in [0, 0.05) is 18.6 Å². The van der Waals surface area contributed by atoms with E-state index in [2.05, 4.69) is 4.98 Å². The lowest BCUT2D eigenvalue weighted by atomic mass is 9.96. The second kappa shape index (κ2) is 6.84. The molecular formula is C17H23N3O2S. The molecule has 3 rings (SSSR count). The van der Waals surface area contributed by atoms with Crippen molar-refractivity contribution in [3.63, 3.8) is 0 Å². The van der Waals surface area contributed by atoms with Gasteiger partial charge in [-0.15, -0.1) is 11.3 Å². The molecule has 5 nitrogen and oxygen atoms in total. The van der Waals surface area contributed by atoms with Gasteiger partial charge in [-0.1, -0.05) is 6.07 Å². The van der Waals surface area contributed by atoms with E-state index < -0.39 is 0 Å². The van der Waals surface area contributed by atoms with Gasteiger partial charge in [0.1, 0.15) is 5.76 Å². The third-order valence-corrected chi connectivity index (χ3v) is 5.28. The Morgan fingerprint density at radius 3 is 3.09 bits per heavy atom. The first kappa shape index (κ1) is 16.2. The van der Waals surface area contributed by atoms with Crippen molar-refractivity contribution in [2.45, 2.75) is 51.6 Å². The van der Waals surface area contributed by atoms with Crippen LogP contribution in [0.1, 0.15) is 37.6 Å². The molecule has 124 valence electrons. The number of nitrogens with zero attached hydrogens (tertiary/aromatic N) is 2. The topological polar surface area (TPSA) is 72.4 Å². The van der Waals surface area contributed by atoms with Gasteiger partial charge in [-0.25, -0.2) is 4.98 Å². The van der Waals surface area contributed by atoms with Crippen LogP contribution in [0.2, 0.25) is 0 Å². The van der Waals surface area contributed by atoms with E-state index in [4.69, 9.17) is 10.2 Å². The van der Waals surface area contributed by atoms with Gasteiger partial charge in [0.05, 0.1) is 17.0 Å². The van der Waals surface area contributed by atoms with Crippen LogP contribution >= 0.6 is 11.3 Å². The largest absolute Gasteiger partial charge is 0.440 e. The summed E-state index contributed by atoms with van der Waals surface area (Å²) in [6, 6.07) is 4.07. The number of rotatable bonds is 4. The van der Waals surface area contributed by atoms with E-state index in [-0.39, 0.29) is 24.4 Å².